The molecule has 0 saturated carbocycles. The van der Waals surface area contributed by atoms with Crippen LogP contribution in [0.3, 0.4) is 0 Å². The summed E-state index contributed by atoms with van der Waals surface area (Å²) in [5, 5.41) is 0. The predicted octanol–water partition coefficient (Wildman–Crippen LogP) is 6.38. The van der Waals surface area contributed by atoms with Crippen molar-refractivity contribution >= 4 is 9.84 Å². The Morgan fingerprint density at radius 1 is 0.452 bits per heavy atom. The van der Waals surface area contributed by atoms with Gasteiger partial charge in [0.2, 0.25) is 9.84 Å². The van der Waals surface area contributed by atoms with Crippen molar-refractivity contribution in [1.82, 2.24) is 0 Å². The maximum Gasteiger partial charge on any atom is 0.206 e. The summed E-state index contributed by atoms with van der Waals surface area (Å²) in [7, 11) is -3.74. The number of halogens is 2. The molecule has 0 atom stereocenters. The van der Waals surface area contributed by atoms with E-state index < -0.39 is 9.84 Å². The van der Waals surface area contributed by atoms with E-state index in [-0.39, 0.29) is 21.4 Å². The van der Waals surface area contributed by atoms with Gasteiger partial charge in [-0.3, -0.25) is 0 Å². The van der Waals surface area contributed by atoms with Gasteiger partial charge in [-0.2, -0.15) is 0 Å². The third kappa shape index (κ3) is 4.90. The molecule has 0 N–H and O–H groups in total. The summed E-state index contributed by atoms with van der Waals surface area (Å²) in [4.78, 5) is 0.206. The van der Waals surface area contributed by atoms with Crippen LogP contribution in [0.5, 0.6) is 23.0 Å². The van der Waals surface area contributed by atoms with Crippen LogP contribution in [0.1, 0.15) is 0 Å². The van der Waals surface area contributed by atoms with E-state index in [0.717, 1.165) is 0 Å². The number of hydrogen-bond donors (Lipinski definition) is 0. The van der Waals surface area contributed by atoms with Gasteiger partial charge in [0.05, 0.1) is 9.79 Å². The molecule has 31 heavy (non-hydrogen) atoms. The first-order chi connectivity index (χ1) is 14.9. The van der Waals surface area contributed by atoms with Gasteiger partial charge in [-0.1, -0.05) is 0 Å². The number of rotatable bonds is 6. The maximum absolute atomic E-state index is 13.0. The Labute approximate surface area is 178 Å². The van der Waals surface area contributed by atoms with Crippen molar-refractivity contribution in [3.8, 4) is 23.0 Å². The van der Waals surface area contributed by atoms with Crippen molar-refractivity contribution in [3.63, 3.8) is 0 Å². The smallest absolute Gasteiger partial charge is 0.206 e. The van der Waals surface area contributed by atoms with Crippen LogP contribution in [0, 0.1) is 11.6 Å². The molecular weight excluding hydrogens is 422 g/mol. The highest BCUT2D eigenvalue weighted by atomic mass is 32.2. The molecule has 7 heteroatoms. The Balaban J connectivity index is 1.48. The molecule has 0 bridgehead atoms. The SMILES string of the molecule is O=S(=O)(c1ccc(Oc2ccc(F)cc2)cc1)c1ccc(Oc2ccc(F)cc2)cc1. The van der Waals surface area contributed by atoms with Crippen molar-refractivity contribution < 1.29 is 26.7 Å². The highest BCUT2D eigenvalue weighted by molar-refractivity contribution is 7.91. The van der Waals surface area contributed by atoms with E-state index in [1.54, 1.807) is 0 Å². The molecule has 4 rings (SSSR count). The minimum Gasteiger partial charge on any atom is -0.457 e. The molecule has 156 valence electrons. The summed E-state index contributed by atoms with van der Waals surface area (Å²) in [6.45, 7) is 0. The standard InChI is InChI=1S/C24H16F2O4S/c25-17-1-5-19(6-2-17)29-21-9-13-23(14-10-21)31(27,28)24-15-11-22(12-16-24)30-20-7-3-18(26)4-8-20/h1-16H. The van der Waals surface area contributed by atoms with E-state index in [0.29, 0.717) is 23.0 Å². The lowest BCUT2D eigenvalue weighted by Crippen LogP contribution is -2.01. The molecule has 0 spiro atoms. The number of benzene rings is 4. The summed E-state index contributed by atoms with van der Waals surface area (Å²) < 4.78 is 62.9. The van der Waals surface area contributed by atoms with E-state index in [4.69, 9.17) is 9.47 Å². The molecule has 0 saturated heterocycles. The van der Waals surface area contributed by atoms with Crippen LogP contribution >= 0.6 is 0 Å². The molecule has 0 aliphatic carbocycles. The van der Waals surface area contributed by atoms with Crippen LogP contribution in [-0.4, -0.2) is 8.42 Å². The van der Waals surface area contributed by atoms with Crippen LogP contribution in [0.2, 0.25) is 0 Å². The maximum atomic E-state index is 13.0. The fraction of sp³-hybridized carbons (Fsp3) is 0. The van der Waals surface area contributed by atoms with Gasteiger partial charge >= 0.3 is 0 Å². The number of hydrogen-bond acceptors (Lipinski definition) is 4. The lowest BCUT2D eigenvalue weighted by molar-refractivity contribution is 0.480. The number of ether oxygens (including phenoxy) is 2. The van der Waals surface area contributed by atoms with E-state index in [1.165, 1.54) is 97.1 Å². The summed E-state index contributed by atoms with van der Waals surface area (Å²) in [6.07, 6.45) is 0. The van der Waals surface area contributed by atoms with Crippen LogP contribution in [0.15, 0.2) is 107 Å². The van der Waals surface area contributed by atoms with Crippen molar-refractivity contribution in [2.45, 2.75) is 9.79 Å². The number of sulfone groups is 1. The normalized spacial score (nSPS) is 11.2. The molecular formula is C24H16F2O4S. The third-order valence-electron chi connectivity index (χ3n) is 4.37. The summed E-state index contributed by atoms with van der Waals surface area (Å²) >= 11 is 0. The van der Waals surface area contributed by atoms with Crippen molar-refractivity contribution in [2.24, 2.45) is 0 Å². The van der Waals surface area contributed by atoms with Gasteiger partial charge in [-0.05, 0) is 97.1 Å². The fourth-order valence-electron chi connectivity index (χ4n) is 2.79. The second-order valence-corrected chi connectivity index (χ2v) is 8.51. The summed E-state index contributed by atoms with van der Waals surface area (Å²) in [5.74, 6) is 0.982. The first kappa shape index (κ1) is 20.6. The van der Waals surface area contributed by atoms with Crippen LogP contribution < -0.4 is 9.47 Å². The molecule has 0 aromatic heterocycles. The zero-order chi connectivity index (χ0) is 21.8. The van der Waals surface area contributed by atoms with Crippen LogP contribution in [0.4, 0.5) is 8.78 Å². The van der Waals surface area contributed by atoms with E-state index in [2.05, 4.69) is 0 Å². The van der Waals surface area contributed by atoms with Gasteiger partial charge in [0.1, 0.15) is 34.6 Å². The Kier molecular flexibility index (Phi) is 5.68. The molecule has 0 unspecified atom stereocenters. The Bertz CT molecular complexity index is 1170. The first-order valence-electron chi connectivity index (χ1n) is 9.22. The zero-order valence-corrected chi connectivity index (χ0v) is 16.9. The topological polar surface area (TPSA) is 52.6 Å². The molecule has 0 amide bonds. The molecule has 0 heterocycles. The van der Waals surface area contributed by atoms with Gasteiger partial charge in [0, 0.05) is 0 Å². The predicted molar refractivity (Wildman–Crippen MR) is 111 cm³/mol. The second-order valence-electron chi connectivity index (χ2n) is 6.56. The van der Waals surface area contributed by atoms with Gasteiger partial charge in [0.15, 0.2) is 0 Å². The Morgan fingerprint density at radius 2 is 0.710 bits per heavy atom. The van der Waals surface area contributed by atoms with E-state index in [1.807, 2.05) is 0 Å². The zero-order valence-electron chi connectivity index (χ0n) is 16.0. The van der Waals surface area contributed by atoms with Crippen molar-refractivity contribution in [3.05, 3.63) is 109 Å². The molecule has 4 nitrogen and oxygen atoms in total. The molecule has 4 aromatic carbocycles. The third-order valence-corrected chi connectivity index (χ3v) is 6.15. The van der Waals surface area contributed by atoms with Crippen molar-refractivity contribution in [2.75, 3.05) is 0 Å². The van der Waals surface area contributed by atoms with Gasteiger partial charge in [-0.25, -0.2) is 17.2 Å². The second kappa shape index (κ2) is 8.57. The van der Waals surface area contributed by atoms with Crippen LogP contribution in [0.25, 0.3) is 0 Å². The van der Waals surface area contributed by atoms with Gasteiger partial charge in [-0.15, -0.1) is 0 Å². The Hall–Kier alpha value is -3.71. The average molecular weight is 438 g/mol. The molecule has 0 aliphatic heterocycles. The fourth-order valence-corrected chi connectivity index (χ4v) is 4.05. The van der Waals surface area contributed by atoms with Crippen LogP contribution in [-0.2, 0) is 9.84 Å². The minimum atomic E-state index is -3.74. The molecule has 4 aromatic rings. The molecule has 0 aliphatic rings. The van der Waals surface area contributed by atoms with E-state index in [9.17, 15) is 17.2 Å². The lowest BCUT2D eigenvalue weighted by Gasteiger charge is -2.09. The van der Waals surface area contributed by atoms with Crippen molar-refractivity contribution in [1.29, 1.82) is 0 Å². The molecule has 0 fully saturated rings. The largest absolute Gasteiger partial charge is 0.457 e. The highest BCUT2D eigenvalue weighted by Crippen LogP contribution is 2.28. The van der Waals surface area contributed by atoms with E-state index >= 15 is 0 Å². The molecule has 0 radical (unpaired) electrons. The Morgan fingerprint density at radius 3 is 1.00 bits per heavy atom. The average Bonchev–Trinajstić information content (AvgIpc) is 2.78. The van der Waals surface area contributed by atoms with Gasteiger partial charge in [0.25, 0.3) is 0 Å². The summed E-state index contributed by atoms with van der Waals surface area (Å²) in [6, 6.07) is 22.9. The first-order valence-corrected chi connectivity index (χ1v) is 10.7. The minimum absolute atomic E-state index is 0.103. The lowest BCUT2D eigenvalue weighted by atomic mass is 10.3. The monoisotopic (exact) mass is 438 g/mol. The highest BCUT2D eigenvalue weighted by Gasteiger charge is 2.18. The summed E-state index contributed by atoms with van der Waals surface area (Å²) in [5.41, 5.74) is 0. The van der Waals surface area contributed by atoms with Gasteiger partial charge < -0.3 is 9.47 Å². The quantitative estimate of drug-likeness (QED) is 0.350.